The van der Waals surface area contributed by atoms with E-state index in [1.807, 2.05) is 60.1 Å². The summed E-state index contributed by atoms with van der Waals surface area (Å²) in [5.41, 5.74) is 4.14. The molecule has 0 saturated carbocycles. The molecule has 3 N–H and O–H groups in total. The molecule has 0 saturated heterocycles. The lowest BCUT2D eigenvalue weighted by Crippen LogP contribution is -2.28. The molecule has 136 valence electrons. The number of amides is 1. The van der Waals surface area contributed by atoms with Crippen LogP contribution in [0.1, 0.15) is 20.8 Å². The first kappa shape index (κ1) is 17.3. The number of nitrogens with zero attached hydrogens (tertiary/aromatic N) is 1. The molecule has 4 aromatic rings. The van der Waals surface area contributed by atoms with Crippen LogP contribution in [0, 0.1) is 0 Å². The second kappa shape index (κ2) is 8.05. The van der Waals surface area contributed by atoms with Gasteiger partial charge in [0.25, 0.3) is 5.91 Å². The van der Waals surface area contributed by atoms with E-state index in [1.165, 1.54) is 16.9 Å². The van der Waals surface area contributed by atoms with Crippen LogP contribution >= 0.6 is 11.3 Å². The van der Waals surface area contributed by atoms with Crippen molar-refractivity contribution in [3.05, 3.63) is 82.3 Å². The SMILES string of the molecule is O=C(NCCNc1ccccc1)c1sccc1Cc1ccnc2[nH]ccc12. The summed E-state index contributed by atoms with van der Waals surface area (Å²) in [6.45, 7) is 1.26. The molecule has 1 amide bonds. The number of aromatic amines is 1. The molecule has 3 aromatic heterocycles. The monoisotopic (exact) mass is 376 g/mol. The van der Waals surface area contributed by atoms with Crippen molar-refractivity contribution < 1.29 is 4.79 Å². The van der Waals surface area contributed by atoms with Gasteiger partial charge in [0.1, 0.15) is 5.65 Å². The van der Waals surface area contributed by atoms with Crippen LogP contribution < -0.4 is 10.6 Å². The third-order valence-corrected chi connectivity index (χ3v) is 5.35. The second-order valence-electron chi connectivity index (χ2n) is 6.21. The lowest BCUT2D eigenvalue weighted by Gasteiger charge is -2.09. The van der Waals surface area contributed by atoms with Gasteiger partial charge < -0.3 is 15.6 Å². The molecule has 0 fully saturated rings. The van der Waals surface area contributed by atoms with Crippen molar-refractivity contribution in [2.75, 3.05) is 18.4 Å². The lowest BCUT2D eigenvalue weighted by atomic mass is 10.0. The maximum absolute atomic E-state index is 12.6. The molecule has 0 unspecified atom stereocenters. The number of thiophene rings is 1. The van der Waals surface area contributed by atoms with Crippen LogP contribution in [-0.4, -0.2) is 29.0 Å². The predicted molar refractivity (Wildman–Crippen MR) is 110 cm³/mol. The van der Waals surface area contributed by atoms with Crippen molar-refractivity contribution in [1.29, 1.82) is 0 Å². The molecule has 5 nitrogen and oxygen atoms in total. The van der Waals surface area contributed by atoms with E-state index in [1.54, 1.807) is 6.20 Å². The van der Waals surface area contributed by atoms with Crippen molar-refractivity contribution in [1.82, 2.24) is 15.3 Å². The summed E-state index contributed by atoms with van der Waals surface area (Å²) >= 11 is 1.48. The maximum atomic E-state index is 12.6. The highest BCUT2D eigenvalue weighted by Crippen LogP contribution is 2.24. The van der Waals surface area contributed by atoms with E-state index in [0.29, 0.717) is 19.5 Å². The quantitative estimate of drug-likeness (QED) is 0.426. The van der Waals surface area contributed by atoms with Gasteiger partial charge in [0.15, 0.2) is 0 Å². The van der Waals surface area contributed by atoms with Crippen LogP contribution in [0.15, 0.2) is 66.3 Å². The van der Waals surface area contributed by atoms with Crippen LogP contribution in [-0.2, 0) is 6.42 Å². The number of nitrogens with one attached hydrogen (secondary N) is 3. The average Bonchev–Trinajstić information content (AvgIpc) is 3.36. The number of benzene rings is 1. The number of para-hydroxylation sites is 1. The predicted octanol–water partition coefficient (Wildman–Crippen LogP) is 4.06. The summed E-state index contributed by atoms with van der Waals surface area (Å²) in [4.78, 5) is 20.8. The minimum absolute atomic E-state index is 0.0192. The van der Waals surface area contributed by atoms with Crippen molar-refractivity contribution in [3.8, 4) is 0 Å². The fourth-order valence-electron chi connectivity index (χ4n) is 3.07. The van der Waals surface area contributed by atoms with Crippen LogP contribution in [0.3, 0.4) is 0 Å². The van der Waals surface area contributed by atoms with Gasteiger partial charge in [-0.25, -0.2) is 4.98 Å². The van der Waals surface area contributed by atoms with Crippen molar-refractivity contribution >= 4 is 34.0 Å². The molecule has 1 aromatic carbocycles. The van der Waals surface area contributed by atoms with E-state index >= 15 is 0 Å². The lowest BCUT2D eigenvalue weighted by molar-refractivity contribution is 0.0958. The van der Waals surface area contributed by atoms with Crippen LogP contribution in [0.25, 0.3) is 11.0 Å². The minimum atomic E-state index is -0.0192. The molecule has 0 aliphatic rings. The molecule has 0 bridgehead atoms. The molecular weight excluding hydrogens is 356 g/mol. The Labute approximate surface area is 161 Å². The number of rotatable bonds is 7. The smallest absolute Gasteiger partial charge is 0.261 e. The number of H-pyrrole nitrogens is 1. The van der Waals surface area contributed by atoms with Gasteiger partial charge in [-0.3, -0.25) is 4.79 Å². The minimum Gasteiger partial charge on any atom is -0.383 e. The molecule has 3 heterocycles. The van der Waals surface area contributed by atoms with Gasteiger partial charge in [0, 0.05) is 36.6 Å². The number of carbonyl (C=O) groups is 1. The largest absolute Gasteiger partial charge is 0.383 e. The van der Waals surface area contributed by atoms with E-state index in [4.69, 9.17) is 0 Å². The van der Waals surface area contributed by atoms with E-state index in [0.717, 1.165) is 27.2 Å². The zero-order chi connectivity index (χ0) is 18.5. The average molecular weight is 376 g/mol. The second-order valence-corrected chi connectivity index (χ2v) is 7.13. The highest BCUT2D eigenvalue weighted by molar-refractivity contribution is 7.12. The zero-order valence-electron chi connectivity index (χ0n) is 14.7. The zero-order valence-corrected chi connectivity index (χ0v) is 15.6. The third kappa shape index (κ3) is 4.01. The van der Waals surface area contributed by atoms with Gasteiger partial charge in [-0.15, -0.1) is 11.3 Å². The molecule has 0 aliphatic heterocycles. The van der Waals surface area contributed by atoms with Crippen LogP contribution in [0.2, 0.25) is 0 Å². The Bertz CT molecular complexity index is 1040. The van der Waals surface area contributed by atoms with E-state index in [2.05, 4.69) is 20.6 Å². The summed E-state index contributed by atoms with van der Waals surface area (Å²) in [6.07, 6.45) is 4.41. The molecule has 0 spiro atoms. The number of aromatic nitrogens is 2. The summed E-state index contributed by atoms with van der Waals surface area (Å²) < 4.78 is 0. The maximum Gasteiger partial charge on any atom is 0.261 e. The van der Waals surface area contributed by atoms with E-state index < -0.39 is 0 Å². The molecular formula is C21H20N4OS. The third-order valence-electron chi connectivity index (χ3n) is 4.40. The fourth-order valence-corrected chi connectivity index (χ4v) is 3.91. The molecule has 6 heteroatoms. The molecule has 0 radical (unpaired) electrons. The molecule has 27 heavy (non-hydrogen) atoms. The number of hydrogen-bond donors (Lipinski definition) is 3. The van der Waals surface area contributed by atoms with E-state index in [9.17, 15) is 4.79 Å². The summed E-state index contributed by atoms with van der Waals surface area (Å²) in [6, 6.07) is 16.0. The number of anilines is 1. The molecule has 0 aliphatic carbocycles. The Balaban J connectivity index is 1.38. The number of fused-ring (bicyclic) bond motifs is 1. The summed E-state index contributed by atoms with van der Waals surface area (Å²) in [7, 11) is 0. The van der Waals surface area contributed by atoms with Crippen molar-refractivity contribution in [3.63, 3.8) is 0 Å². The Hall–Kier alpha value is -3.12. The number of hydrogen-bond acceptors (Lipinski definition) is 4. The first-order valence-electron chi connectivity index (χ1n) is 8.86. The Kier molecular flexibility index (Phi) is 5.16. The summed E-state index contributed by atoms with van der Waals surface area (Å²) in [5.74, 6) is -0.0192. The van der Waals surface area contributed by atoms with Gasteiger partial charge in [-0.05, 0) is 53.3 Å². The van der Waals surface area contributed by atoms with Gasteiger partial charge in [-0.2, -0.15) is 0 Å². The normalized spacial score (nSPS) is 10.8. The van der Waals surface area contributed by atoms with Crippen molar-refractivity contribution in [2.45, 2.75) is 6.42 Å². The number of pyridine rings is 1. The van der Waals surface area contributed by atoms with Crippen molar-refractivity contribution in [2.24, 2.45) is 0 Å². The van der Waals surface area contributed by atoms with E-state index in [-0.39, 0.29) is 5.91 Å². The Morgan fingerprint density at radius 2 is 1.93 bits per heavy atom. The first-order valence-corrected chi connectivity index (χ1v) is 9.74. The van der Waals surface area contributed by atoms with Crippen LogP contribution in [0.5, 0.6) is 0 Å². The van der Waals surface area contributed by atoms with Gasteiger partial charge in [-0.1, -0.05) is 18.2 Å². The van der Waals surface area contributed by atoms with Gasteiger partial charge >= 0.3 is 0 Å². The van der Waals surface area contributed by atoms with Crippen LogP contribution in [0.4, 0.5) is 5.69 Å². The highest BCUT2D eigenvalue weighted by Gasteiger charge is 2.14. The summed E-state index contributed by atoms with van der Waals surface area (Å²) in [5, 5.41) is 9.37. The highest BCUT2D eigenvalue weighted by atomic mass is 32.1. The topological polar surface area (TPSA) is 69.8 Å². The van der Waals surface area contributed by atoms with Gasteiger partial charge in [0.05, 0.1) is 4.88 Å². The molecule has 0 atom stereocenters. The Morgan fingerprint density at radius 1 is 1.04 bits per heavy atom. The first-order chi connectivity index (χ1) is 13.3. The number of carbonyl (C=O) groups excluding carboxylic acids is 1. The van der Waals surface area contributed by atoms with Gasteiger partial charge in [0.2, 0.25) is 0 Å². The molecule has 4 rings (SSSR count). The fraction of sp³-hybridized carbons (Fsp3) is 0.143. The Morgan fingerprint density at radius 3 is 2.81 bits per heavy atom. The standard InChI is InChI=1S/C21H20N4OS/c26-21(25-12-11-22-17-4-2-1-3-5-17)19-16(8-13-27-19)14-15-6-9-23-20-18(15)7-10-24-20/h1-10,13,22H,11-12,14H2,(H,23,24)(H,25,26).